The predicted octanol–water partition coefficient (Wildman–Crippen LogP) is 1.34. The molecule has 108 valence electrons. The summed E-state index contributed by atoms with van der Waals surface area (Å²) in [4.78, 5) is 10.6. The molecule has 0 spiro atoms. The number of hydrogen-bond acceptors (Lipinski definition) is 4. The number of carboxylic acid groups (broad SMARTS) is 1. The monoisotopic (exact) mass is 296 g/mol. The molecule has 0 saturated heterocycles. The molecule has 0 bridgehead atoms. The molecule has 20 heavy (non-hydrogen) atoms. The van der Waals surface area contributed by atoms with Gasteiger partial charge in [0.15, 0.2) is 0 Å². The summed E-state index contributed by atoms with van der Waals surface area (Å²) in [6.07, 6.45) is -0.314. The highest BCUT2D eigenvalue weighted by atomic mass is 32.2. The third-order valence-corrected chi connectivity index (χ3v) is 4.35. The molecule has 0 aliphatic carbocycles. The average molecular weight is 296 g/mol. The van der Waals surface area contributed by atoms with E-state index in [0.29, 0.717) is 0 Å². The van der Waals surface area contributed by atoms with Crippen LogP contribution in [0.5, 0.6) is 0 Å². The van der Waals surface area contributed by atoms with Crippen LogP contribution in [-0.2, 0) is 14.8 Å². The fraction of sp³-hybridized carbons (Fsp3) is 0.385. The van der Waals surface area contributed by atoms with Gasteiger partial charge in [0.2, 0.25) is 10.0 Å². The molecule has 0 aliphatic heterocycles. The van der Waals surface area contributed by atoms with Crippen LogP contribution in [0.1, 0.15) is 25.8 Å². The summed E-state index contributed by atoms with van der Waals surface area (Å²) < 4.78 is 26.9. The summed E-state index contributed by atoms with van der Waals surface area (Å²) in [5.41, 5.74) is 0.0258. The Morgan fingerprint density at radius 2 is 2.00 bits per heavy atom. The van der Waals surface area contributed by atoms with E-state index in [1.54, 1.807) is 19.9 Å². The Labute approximate surface area is 118 Å². The molecule has 1 rings (SSSR count). The van der Waals surface area contributed by atoms with Gasteiger partial charge < -0.3 is 5.11 Å². The van der Waals surface area contributed by atoms with Gasteiger partial charge in [-0.1, -0.05) is 26.0 Å². The number of nitrogens with zero attached hydrogens (tertiary/aromatic N) is 1. The maximum atomic E-state index is 12.3. The normalized spacial score (nSPS) is 12.9. The molecule has 0 heterocycles. The van der Waals surface area contributed by atoms with Gasteiger partial charge in [-0.3, -0.25) is 4.79 Å². The number of sulfonamides is 1. The SMILES string of the molecule is CC(C)C(CC(=O)O)NS(=O)(=O)c1ccccc1C#N. The van der Waals surface area contributed by atoms with Crippen LogP contribution in [0.3, 0.4) is 0 Å². The Morgan fingerprint density at radius 3 is 2.50 bits per heavy atom. The van der Waals surface area contributed by atoms with E-state index in [9.17, 15) is 13.2 Å². The fourth-order valence-electron chi connectivity index (χ4n) is 1.66. The van der Waals surface area contributed by atoms with E-state index >= 15 is 0 Å². The molecule has 0 radical (unpaired) electrons. The summed E-state index contributed by atoms with van der Waals surface area (Å²) in [6, 6.07) is 6.87. The maximum absolute atomic E-state index is 12.3. The van der Waals surface area contributed by atoms with Gasteiger partial charge in [0, 0.05) is 6.04 Å². The zero-order chi connectivity index (χ0) is 15.3. The van der Waals surface area contributed by atoms with Crippen LogP contribution in [-0.4, -0.2) is 25.5 Å². The zero-order valence-corrected chi connectivity index (χ0v) is 12.0. The van der Waals surface area contributed by atoms with E-state index < -0.39 is 22.0 Å². The van der Waals surface area contributed by atoms with Gasteiger partial charge in [0.25, 0.3) is 0 Å². The van der Waals surface area contributed by atoms with Crippen molar-refractivity contribution in [2.45, 2.75) is 31.2 Å². The van der Waals surface area contributed by atoms with E-state index in [0.717, 1.165) is 0 Å². The van der Waals surface area contributed by atoms with Crippen molar-refractivity contribution < 1.29 is 18.3 Å². The molecule has 0 amide bonds. The van der Waals surface area contributed by atoms with Crippen LogP contribution < -0.4 is 4.72 Å². The molecule has 1 aromatic carbocycles. The van der Waals surface area contributed by atoms with E-state index in [1.165, 1.54) is 18.2 Å². The zero-order valence-electron chi connectivity index (χ0n) is 11.2. The van der Waals surface area contributed by atoms with Crippen molar-refractivity contribution >= 4 is 16.0 Å². The van der Waals surface area contributed by atoms with Crippen LogP contribution in [0.25, 0.3) is 0 Å². The first-order valence-corrected chi connectivity index (χ1v) is 7.49. The second-order valence-electron chi connectivity index (χ2n) is 4.68. The Hall–Kier alpha value is -1.91. The number of nitrogens with one attached hydrogen (secondary N) is 1. The molecule has 0 aromatic heterocycles. The molecule has 1 unspecified atom stereocenters. The van der Waals surface area contributed by atoms with Gasteiger partial charge in [-0.25, -0.2) is 13.1 Å². The predicted molar refractivity (Wildman–Crippen MR) is 72.4 cm³/mol. The summed E-state index contributed by atoms with van der Waals surface area (Å²) in [5.74, 6) is -1.27. The molecule has 0 fully saturated rings. The average Bonchev–Trinajstić information content (AvgIpc) is 2.37. The number of rotatable bonds is 6. The number of carbonyl (C=O) groups is 1. The van der Waals surface area contributed by atoms with E-state index in [-0.39, 0.29) is 22.8 Å². The standard InChI is InChI=1S/C13H16N2O4S/c1-9(2)11(7-13(16)17)15-20(18,19)12-6-4-3-5-10(12)8-14/h3-6,9,11,15H,7H2,1-2H3,(H,16,17). The molecule has 1 atom stereocenters. The maximum Gasteiger partial charge on any atom is 0.304 e. The number of carboxylic acids is 1. The molecule has 7 heteroatoms. The molecule has 6 nitrogen and oxygen atoms in total. The number of nitriles is 1. The highest BCUT2D eigenvalue weighted by Crippen LogP contribution is 2.17. The lowest BCUT2D eigenvalue weighted by atomic mass is 10.0. The third kappa shape index (κ3) is 4.05. The highest BCUT2D eigenvalue weighted by molar-refractivity contribution is 7.89. The van der Waals surface area contributed by atoms with E-state index in [1.807, 2.05) is 6.07 Å². The van der Waals surface area contributed by atoms with Gasteiger partial charge in [-0.05, 0) is 18.1 Å². The summed E-state index contributed by atoms with van der Waals surface area (Å²) in [6.45, 7) is 3.46. The van der Waals surface area contributed by atoms with Gasteiger partial charge >= 0.3 is 5.97 Å². The lowest BCUT2D eigenvalue weighted by Crippen LogP contribution is -2.40. The number of benzene rings is 1. The lowest BCUT2D eigenvalue weighted by molar-refractivity contribution is -0.137. The molecular formula is C13H16N2O4S. The second kappa shape index (κ2) is 6.50. The second-order valence-corrected chi connectivity index (χ2v) is 6.36. The van der Waals surface area contributed by atoms with Crippen molar-refractivity contribution in [1.29, 1.82) is 5.26 Å². The van der Waals surface area contributed by atoms with Gasteiger partial charge in [0.1, 0.15) is 6.07 Å². The van der Waals surface area contributed by atoms with Crippen LogP contribution in [0.15, 0.2) is 29.2 Å². The van der Waals surface area contributed by atoms with Crippen LogP contribution >= 0.6 is 0 Å². The molecule has 0 saturated carbocycles. The third-order valence-electron chi connectivity index (χ3n) is 2.80. The summed E-state index contributed by atoms with van der Waals surface area (Å²) in [5, 5.41) is 17.7. The van der Waals surface area contributed by atoms with Crippen LogP contribution in [0, 0.1) is 17.2 Å². The quantitative estimate of drug-likeness (QED) is 0.823. The first kappa shape index (κ1) is 16.1. The van der Waals surface area contributed by atoms with Crippen molar-refractivity contribution in [3.05, 3.63) is 29.8 Å². The Bertz CT molecular complexity index is 632. The fourth-order valence-corrected chi connectivity index (χ4v) is 3.20. The van der Waals surface area contributed by atoms with E-state index in [2.05, 4.69) is 4.72 Å². The minimum atomic E-state index is -3.93. The molecule has 1 aromatic rings. The Morgan fingerprint density at radius 1 is 1.40 bits per heavy atom. The van der Waals surface area contributed by atoms with Crippen LogP contribution in [0.4, 0.5) is 0 Å². The first-order chi connectivity index (χ1) is 9.27. The molecule has 2 N–H and O–H groups in total. The largest absolute Gasteiger partial charge is 0.481 e. The minimum absolute atomic E-state index is 0.0258. The molecular weight excluding hydrogens is 280 g/mol. The Kier molecular flexibility index (Phi) is 5.25. The van der Waals surface area contributed by atoms with Gasteiger partial charge in [-0.2, -0.15) is 5.26 Å². The Balaban J connectivity index is 3.10. The van der Waals surface area contributed by atoms with Crippen molar-refractivity contribution in [3.8, 4) is 6.07 Å². The molecule has 0 aliphatic rings. The lowest BCUT2D eigenvalue weighted by Gasteiger charge is -2.20. The van der Waals surface area contributed by atoms with Crippen molar-refractivity contribution in [3.63, 3.8) is 0 Å². The van der Waals surface area contributed by atoms with E-state index in [4.69, 9.17) is 10.4 Å². The first-order valence-electron chi connectivity index (χ1n) is 6.01. The van der Waals surface area contributed by atoms with Crippen LogP contribution in [0.2, 0.25) is 0 Å². The summed E-state index contributed by atoms with van der Waals surface area (Å²) in [7, 11) is -3.93. The number of aliphatic carboxylic acids is 1. The smallest absolute Gasteiger partial charge is 0.304 e. The topological polar surface area (TPSA) is 107 Å². The number of hydrogen-bond donors (Lipinski definition) is 2. The highest BCUT2D eigenvalue weighted by Gasteiger charge is 2.26. The van der Waals surface area contributed by atoms with Crippen molar-refractivity contribution in [2.24, 2.45) is 5.92 Å². The van der Waals surface area contributed by atoms with Gasteiger partial charge in [-0.15, -0.1) is 0 Å². The minimum Gasteiger partial charge on any atom is -0.481 e. The van der Waals surface area contributed by atoms with Gasteiger partial charge in [0.05, 0.1) is 16.9 Å². The summed E-state index contributed by atoms with van der Waals surface area (Å²) >= 11 is 0. The van der Waals surface area contributed by atoms with Crippen molar-refractivity contribution in [2.75, 3.05) is 0 Å². The van der Waals surface area contributed by atoms with Crippen molar-refractivity contribution in [1.82, 2.24) is 4.72 Å².